The number of hydrogen-bond acceptors (Lipinski definition) is 2. The number of rotatable bonds is 4. The van der Waals surface area contributed by atoms with Gasteiger partial charge in [-0.2, -0.15) is 0 Å². The molecule has 0 aliphatic rings. The van der Waals surface area contributed by atoms with E-state index in [2.05, 4.69) is 33.4 Å². The molecule has 62 valence electrons. The standard InChI is InChI=1S/C8H12BrNS/c1-10-6-2-3-7-4-5-8(9)11-7/h4-5,10H,2-3,6H2,1H3. The van der Waals surface area contributed by atoms with E-state index >= 15 is 0 Å². The average molecular weight is 234 g/mol. The molecule has 0 radical (unpaired) electrons. The lowest BCUT2D eigenvalue weighted by atomic mass is 10.3. The molecule has 0 unspecified atom stereocenters. The van der Waals surface area contributed by atoms with E-state index in [1.54, 1.807) is 0 Å². The first-order valence-corrected chi connectivity index (χ1v) is 5.32. The number of halogens is 1. The van der Waals surface area contributed by atoms with Crippen LogP contribution in [0.25, 0.3) is 0 Å². The Kier molecular flexibility index (Phi) is 4.12. The minimum absolute atomic E-state index is 1.11. The Labute approximate surface area is 79.9 Å². The topological polar surface area (TPSA) is 12.0 Å². The Morgan fingerprint density at radius 1 is 1.55 bits per heavy atom. The van der Waals surface area contributed by atoms with Crippen molar-refractivity contribution in [3.8, 4) is 0 Å². The summed E-state index contributed by atoms with van der Waals surface area (Å²) < 4.78 is 1.23. The molecular formula is C8H12BrNS. The highest BCUT2D eigenvalue weighted by Crippen LogP contribution is 2.22. The van der Waals surface area contributed by atoms with Crippen molar-refractivity contribution in [2.75, 3.05) is 13.6 Å². The van der Waals surface area contributed by atoms with Crippen LogP contribution in [0.1, 0.15) is 11.3 Å². The SMILES string of the molecule is CNCCCc1ccc(Br)s1. The second-order valence-electron chi connectivity index (χ2n) is 2.41. The maximum absolute atomic E-state index is 3.44. The molecule has 1 rings (SSSR count). The van der Waals surface area contributed by atoms with E-state index in [0.29, 0.717) is 0 Å². The van der Waals surface area contributed by atoms with Gasteiger partial charge in [0.05, 0.1) is 3.79 Å². The second-order valence-corrected chi connectivity index (χ2v) is 4.96. The van der Waals surface area contributed by atoms with Gasteiger partial charge in [-0.05, 0) is 54.5 Å². The maximum atomic E-state index is 3.44. The maximum Gasteiger partial charge on any atom is 0.0701 e. The van der Waals surface area contributed by atoms with Crippen LogP contribution in [0.5, 0.6) is 0 Å². The zero-order chi connectivity index (χ0) is 8.10. The van der Waals surface area contributed by atoms with Gasteiger partial charge < -0.3 is 5.32 Å². The van der Waals surface area contributed by atoms with Crippen molar-refractivity contribution in [1.29, 1.82) is 0 Å². The van der Waals surface area contributed by atoms with Crippen LogP contribution in [0.15, 0.2) is 15.9 Å². The lowest BCUT2D eigenvalue weighted by Crippen LogP contribution is -2.07. The summed E-state index contributed by atoms with van der Waals surface area (Å²) in [5, 5.41) is 3.14. The van der Waals surface area contributed by atoms with E-state index in [0.717, 1.165) is 6.54 Å². The third-order valence-corrected chi connectivity index (χ3v) is 3.16. The molecule has 0 aliphatic heterocycles. The molecule has 0 spiro atoms. The van der Waals surface area contributed by atoms with Crippen molar-refractivity contribution >= 4 is 27.3 Å². The minimum atomic E-state index is 1.11. The van der Waals surface area contributed by atoms with Crippen molar-refractivity contribution in [2.45, 2.75) is 12.8 Å². The summed E-state index contributed by atoms with van der Waals surface area (Å²) in [4.78, 5) is 1.46. The van der Waals surface area contributed by atoms with Crippen LogP contribution in [-0.4, -0.2) is 13.6 Å². The van der Waals surface area contributed by atoms with Gasteiger partial charge in [-0.15, -0.1) is 11.3 Å². The van der Waals surface area contributed by atoms with Crippen LogP contribution in [0, 0.1) is 0 Å². The third-order valence-electron chi connectivity index (χ3n) is 1.48. The third kappa shape index (κ3) is 3.36. The zero-order valence-electron chi connectivity index (χ0n) is 6.56. The van der Waals surface area contributed by atoms with Gasteiger partial charge in [-0.25, -0.2) is 0 Å². The summed E-state index contributed by atoms with van der Waals surface area (Å²) in [6.07, 6.45) is 2.42. The zero-order valence-corrected chi connectivity index (χ0v) is 8.96. The molecule has 1 aromatic rings. The number of aryl methyl sites for hydroxylation is 1. The Morgan fingerprint density at radius 2 is 2.36 bits per heavy atom. The van der Waals surface area contributed by atoms with Gasteiger partial charge in [0.2, 0.25) is 0 Å². The van der Waals surface area contributed by atoms with Crippen LogP contribution < -0.4 is 5.32 Å². The second kappa shape index (κ2) is 4.91. The molecule has 0 atom stereocenters. The number of hydrogen-bond donors (Lipinski definition) is 1. The monoisotopic (exact) mass is 233 g/mol. The van der Waals surface area contributed by atoms with Crippen molar-refractivity contribution in [3.05, 3.63) is 20.8 Å². The Balaban J connectivity index is 2.27. The highest BCUT2D eigenvalue weighted by atomic mass is 79.9. The molecule has 0 bridgehead atoms. The van der Waals surface area contributed by atoms with Crippen LogP contribution >= 0.6 is 27.3 Å². The first-order chi connectivity index (χ1) is 5.33. The first-order valence-electron chi connectivity index (χ1n) is 3.72. The number of thiophene rings is 1. The summed E-state index contributed by atoms with van der Waals surface area (Å²) in [5.74, 6) is 0. The van der Waals surface area contributed by atoms with Crippen LogP contribution in [0.2, 0.25) is 0 Å². The van der Waals surface area contributed by atoms with Gasteiger partial charge in [-0.1, -0.05) is 0 Å². The molecule has 0 saturated carbocycles. The van der Waals surface area contributed by atoms with E-state index in [-0.39, 0.29) is 0 Å². The smallest absolute Gasteiger partial charge is 0.0701 e. The summed E-state index contributed by atoms with van der Waals surface area (Å²) in [6.45, 7) is 1.11. The van der Waals surface area contributed by atoms with E-state index < -0.39 is 0 Å². The van der Waals surface area contributed by atoms with Crippen molar-refractivity contribution in [2.24, 2.45) is 0 Å². The first kappa shape index (κ1) is 9.23. The van der Waals surface area contributed by atoms with Gasteiger partial charge in [0.15, 0.2) is 0 Å². The van der Waals surface area contributed by atoms with Crippen LogP contribution in [0.3, 0.4) is 0 Å². The van der Waals surface area contributed by atoms with E-state index in [1.165, 1.54) is 21.5 Å². The molecule has 11 heavy (non-hydrogen) atoms. The molecule has 0 saturated heterocycles. The predicted octanol–water partition coefficient (Wildman–Crippen LogP) is 2.66. The van der Waals surface area contributed by atoms with E-state index in [4.69, 9.17) is 0 Å². The lowest BCUT2D eigenvalue weighted by Gasteiger charge is -1.95. The van der Waals surface area contributed by atoms with Gasteiger partial charge in [0.25, 0.3) is 0 Å². The van der Waals surface area contributed by atoms with Gasteiger partial charge in [-0.3, -0.25) is 0 Å². The fourth-order valence-electron chi connectivity index (χ4n) is 0.926. The lowest BCUT2D eigenvalue weighted by molar-refractivity contribution is 0.729. The van der Waals surface area contributed by atoms with Gasteiger partial charge in [0.1, 0.15) is 0 Å². The van der Waals surface area contributed by atoms with Crippen LogP contribution in [0.4, 0.5) is 0 Å². The molecule has 1 N–H and O–H groups in total. The molecule has 0 fully saturated rings. The molecule has 1 heterocycles. The summed E-state index contributed by atoms with van der Waals surface area (Å²) in [6, 6.07) is 4.30. The predicted molar refractivity (Wildman–Crippen MR) is 54.3 cm³/mol. The van der Waals surface area contributed by atoms with Crippen molar-refractivity contribution in [3.63, 3.8) is 0 Å². The van der Waals surface area contributed by atoms with Crippen LogP contribution in [-0.2, 0) is 6.42 Å². The number of nitrogens with one attached hydrogen (secondary N) is 1. The molecular weight excluding hydrogens is 222 g/mol. The van der Waals surface area contributed by atoms with E-state index in [9.17, 15) is 0 Å². The van der Waals surface area contributed by atoms with Crippen molar-refractivity contribution < 1.29 is 0 Å². The summed E-state index contributed by atoms with van der Waals surface area (Å²) >= 11 is 5.27. The highest BCUT2D eigenvalue weighted by Gasteiger charge is 1.95. The average Bonchev–Trinajstić information content (AvgIpc) is 2.37. The fraction of sp³-hybridized carbons (Fsp3) is 0.500. The quantitative estimate of drug-likeness (QED) is 0.790. The molecule has 0 aliphatic carbocycles. The molecule has 0 amide bonds. The normalized spacial score (nSPS) is 10.4. The molecule has 1 aromatic heterocycles. The Hall–Kier alpha value is 0.140. The molecule has 3 heteroatoms. The Morgan fingerprint density at radius 3 is 2.91 bits per heavy atom. The molecule has 0 aromatic carbocycles. The van der Waals surface area contributed by atoms with Gasteiger partial charge in [0, 0.05) is 4.88 Å². The minimum Gasteiger partial charge on any atom is -0.320 e. The Bertz CT molecular complexity index is 210. The van der Waals surface area contributed by atoms with Crippen molar-refractivity contribution in [1.82, 2.24) is 5.32 Å². The van der Waals surface area contributed by atoms with Gasteiger partial charge >= 0.3 is 0 Å². The highest BCUT2D eigenvalue weighted by molar-refractivity contribution is 9.11. The van der Waals surface area contributed by atoms with E-state index in [1.807, 2.05) is 18.4 Å². The summed E-state index contributed by atoms with van der Waals surface area (Å²) in [5.41, 5.74) is 0. The fourth-order valence-corrected chi connectivity index (χ4v) is 2.45. The molecule has 1 nitrogen and oxygen atoms in total. The largest absolute Gasteiger partial charge is 0.320 e. The summed E-state index contributed by atoms with van der Waals surface area (Å²) in [7, 11) is 1.99.